The predicted molar refractivity (Wildman–Crippen MR) is 76.4 cm³/mol. The average molecular weight is 274 g/mol. The number of ether oxygens (including phenoxy) is 2. The van der Waals surface area contributed by atoms with E-state index in [2.05, 4.69) is 13.2 Å². The summed E-state index contributed by atoms with van der Waals surface area (Å²) in [5, 5.41) is 0. The zero-order chi connectivity index (χ0) is 15.1. The molecule has 0 aromatic heterocycles. The smallest absolute Gasteiger partial charge is 0.338 e. The van der Waals surface area contributed by atoms with Crippen molar-refractivity contribution in [3.63, 3.8) is 0 Å². The van der Waals surface area contributed by atoms with Gasteiger partial charge in [-0.25, -0.2) is 9.59 Å². The van der Waals surface area contributed by atoms with E-state index in [-0.39, 0.29) is 6.61 Å². The molecule has 106 valence electrons. The van der Waals surface area contributed by atoms with E-state index in [1.165, 1.54) is 0 Å². The number of benzene rings is 1. The molecule has 4 nitrogen and oxygen atoms in total. The van der Waals surface area contributed by atoms with E-state index in [0.717, 1.165) is 5.56 Å². The van der Waals surface area contributed by atoms with Crippen molar-refractivity contribution >= 4 is 11.9 Å². The molecular weight excluding hydrogens is 256 g/mol. The van der Waals surface area contributed by atoms with Crippen molar-refractivity contribution in [2.75, 3.05) is 6.61 Å². The molecule has 0 spiro atoms. The normalized spacial score (nSPS) is 9.70. The van der Waals surface area contributed by atoms with Crippen LogP contribution in [0, 0.1) is 0 Å². The van der Waals surface area contributed by atoms with Crippen molar-refractivity contribution in [1.29, 1.82) is 0 Å². The topological polar surface area (TPSA) is 52.6 Å². The van der Waals surface area contributed by atoms with Crippen molar-refractivity contribution in [3.05, 3.63) is 54.1 Å². The molecule has 0 saturated carbocycles. The van der Waals surface area contributed by atoms with Gasteiger partial charge >= 0.3 is 11.9 Å². The van der Waals surface area contributed by atoms with Gasteiger partial charge in [0.1, 0.15) is 5.75 Å². The molecule has 0 heterocycles. The lowest BCUT2D eigenvalue weighted by Gasteiger charge is -2.10. The maximum Gasteiger partial charge on any atom is 0.338 e. The summed E-state index contributed by atoms with van der Waals surface area (Å²) in [6.45, 7) is 10.4. The van der Waals surface area contributed by atoms with Crippen LogP contribution in [0.3, 0.4) is 0 Å². The molecule has 0 aliphatic carbocycles. The molecule has 0 bridgehead atoms. The second kappa shape index (κ2) is 7.28. The van der Waals surface area contributed by atoms with Crippen LogP contribution in [-0.4, -0.2) is 18.5 Å². The number of hydrogen-bond donors (Lipinski definition) is 0. The van der Waals surface area contributed by atoms with E-state index >= 15 is 0 Å². The third-order valence-corrected chi connectivity index (χ3v) is 2.48. The minimum atomic E-state index is -0.476. The van der Waals surface area contributed by atoms with Gasteiger partial charge in [0.2, 0.25) is 0 Å². The summed E-state index contributed by atoms with van der Waals surface area (Å²) in [6.07, 6.45) is 0.457. The molecule has 0 saturated heterocycles. The van der Waals surface area contributed by atoms with E-state index in [0.29, 0.717) is 23.3 Å². The second-order valence-corrected chi connectivity index (χ2v) is 4.44. The molecule has 0 atom stereocenters. The Balaban J connectivity index is 2.66. The van der Waals surface area contributed by atoms with Crippen LogP contribution in [0.1, 0.15) is 19.4 Å². The lowest BCUT2D eigenvalue weighted by atomic mass is 10.1. The standard InChI is InChI=1S/C16H18O4/c1-11(2)15(17)19-10-9-13-7-5-6-8-14(13)20-16(18)12(3)4/h5-8H,1,3,9-10H2,2,4H3. The molecule has 4 heteroatoms. The summed E-state index contributed by atoms with van der Waals surface area (Å²) in [6, 6.07) is 7.10. The van der Waals surface area contributed by atoms with Gasteiger partial charge in [-0.15, -0.1) is 0 Å². The fourth-order valence-corrected chi connectivity index (χ4v) is 1.37. The van der Waals surface area contributed by atoms with Crippen molar-refractivity contribution in [2.24, 2.45) is 0 Å². The van der Waals surface area contributed by atoms with Gasteiger partial charge in [0.05, 0.1) is 6.61 Å². The van der Waals surface area contributed by atoms with Crippen LogP contribution in [0.5, 0.6) is 5.75 Å². The van der Waals surface area contributed by atoms with Crippen molar-refractivity contribution in [2.45, 2.75) is 20.3 Å². The van der Waals surface area contributed by atoms with Gasteiger partial charge in [-0.1, -0.05) is 31.4 Å². The first-order chi connectivity index (χ1) is 9.41. The van der Waals surface area contributed by atoms with E-state index < -0.39 is 11.9 Å². The Kier molecular flexibility index (Phi) is 5.72. The van der Waals surface area contributed by atoms with E-state index in [4.69, 9.17) is 9.47 Å². The van der Waals surface area contributed by atoms with Crippen LogP contribution in [0.4, 0.5) is 0 Å². The molecule has 1 rings (SSSR count). The Morgan fingerprint density at radius 2 is 1.65 bits per heavy atom. The monoisotopic (exact) mass is 274 g/mol. The Morgan fingerprint density at radius 1 is 1.05 bits per heavy atom. The zero-order valence-corrected chi connectivity index (χ0v) is 11.8. The first-order valence-electron chi connectivity index (χ1n) is 6.20. The average Bonchev–Trinajstić information content (AvgIpc) is 2.40. The highest BCUT2D eigenvalue weighted by Gasteiger charge is 2.10. The lowest BCUT2D eigenvalue weighted by molar-refractivity contribution is -0.139. The molecular formula is C16H18O4. The third kappa shape index (κ3) is 4.72. The number of para-hydroxylation sites is 1. The van der Waals surface area contributed by atoms with Gasteiger partial charge in [0.25, 0.3) is 0 Å². The quantitative estimate of drug-likeness (QED) is 0.455. The number of esters is 2. The van der Waals surface area contributed by atoms with Crippen LogP contribution < -0.4 is 4.74 Å². The first-order valence-corrected chi connectivity index (χ1v) is 6.20. The van der Waals surface area contributed by atoms with Gasteiger partial charge < -0.3 is 9.47 Å². The highest BCUT2D eigenvalue weighted by Crippen LogP contribution is 2.19. The Bertz CT molecular complexity index is 543. The molecule has 1 aromatic rings. The first kappa shape index (κ1) is 15.7. The highest BCUT2D eigenvalue weighted by atomic mass is 16.5. The van der Waals surface area contributed by atoms with Gasteiger partial charge in [0, 0.05) is 17.6 Å². The largest absolute Gasteiger partial charge is 0.462 e. The van der Waals surface area contributed by atoms with Gasteiger partial charge in [-0.05, 0) is 25.5 Å². The fourth-order valence-electron chi connectivity index (χ4n) is 1.37. The van der Waals surface area contributed by atoms with Crippen molar-refractivity contribution in [3.8, 4) is 5.75 Å². The fraction of sp³-hybridized carbons (Fsp3) is 0.250. The summed E-state index contributed by atoms with van der Waals surface area (Å²) < 4.78 is 10.2. The number of carbonyl (C=O) groups is 2. The van der Waals surface area contributed by atoms with Crippen LogP contribution in [-0.2, 0) is 20.7 Å². The molecule has 0 fully saturated rings. The van der Waals surface area contributed by atoms with Gasteiger partial charge in [0.15, 0.2) is 0 Å². The summed E-state index contributed by atoms with van der Waals surface area (Å²) >= 11 is 0. The Morgan fingerprint density at radius 3 is 2.25 bits per heavy atom. The molecule has 0 unspecified atom stereocenters. The molecule has 0 aliphatic rings. The van der Waals surface area contributed by atoms with Gasteiger partial charge in [-0.3, -0.25) is 0 Å². The zero-order valence-electron chi connectivity index (χ0n) is 11.8. The number of carbonyl (C=O) groups excluding carboxylic acids is 2. The minimum Gasteiger partial charge on any atom is -0.462 e. The SMILES string of the molecule is C=C(C)C(=O)OCCc1ccccc1OC(=O)C(=C)C. The molecule has 20 heavy (non-hydrogen) atoms. The number of rotatable bonds is 6. The van der Waals surface area contributed by atoms with Gasteiger partial charge in [-0.2, -0.15) is 0 Å². The Labute approximate surface area is 118 Å². The lowest BCUT2D eigenvalue weighted by Crippen LogP contribution is -2.12. The van der Waals surface area contributed by atoms with E-state index in [1.807, 2.05) is 12.1 Å². The summed E-state index contributed by atoms with van der Waals surface area (Å²) in [5.41, 5.74) is 1.47. The molecule has 0 aliphatic heterocycles. The van der Waals surface area contributed by atoms with Crippen LogP contribution >= 0.6 is 0 Å². The Hall–Kier alpha value is -2.36. The van der Waals surface area contributed by atoms with Crippen LogP contribution in [0.15, 0.2) is 48.6 Å². The maximum atomic E-state index is 11.5. The second-order valence-electron chi connectivity index (χ2n) is 4.44. The summed E-state index contributed by atoms with van der Waals surface area (Å²) in [7, 11) is 0. The summed E-state index contributed by atoms with van der Waals surface area (Å²) in [5.74, 6) is -0.454. The molecule has 1 aromatic carbocycles. The van der Waals surface area contributed by atoms with E-state index in [1.54, 1.807) is 26.0 Å². The predicted octanol–water partition coefficient (Wildman–Crippen LogP) is 2.83. The number of hydrogen-bond acceptors (Lipinski definition) is 4. The molecule has 0 N–H and O–H groups in total. The minimum absolute atomic E-state index is 0.202. The third-order valence-electron chi connectivity index (χ3n) is 2.48. The van der Waals surface area contributed by atoms with Crippen molar-refractivity contribution < 1.29 is 19.1 Å². The summed E-state index contributed by atoms with van der Waals surface area (Å²) in [4.78, 5) is 22.8. The molecule has 0 radical (unpaired) electrons. The van der Waals surface area contributed by atoms with Crippen molar-refractivity contribution in [1.82, 2.24) is 0 Å². The molecule has 0 amide bonds. The maximum absolute atomic E-state index is 11.5. The highest BCUT2D eigenvalue weighted by molar-refractivity contribution is 5.89. The van der Waals surface area contributed by atoms with Crippen LogP contribution in [0.25, 0.3) is 0 Å². The van der Waals surface area contributed by atoms with Crippen LogP contribution in [0.2, 0.25) is 0 Å². The van der Waals surface area contributed by atoms with E-state index in [9.17, 15) is 9.59 Å².